The molecule has 0 amide bonds. The van der Waals surface area contributed by atoms with Crippen LogP contribution in [0.15, 0.2) is 12.4 Å². The van der Waals surface area contributed by atoms with Gasteiger partial charge in [0.15, 0.2) is 0 Å². The molecule has 0 spiro atoms. The van der Waals surface area contributed by atoms with E-state index < -0.39 is 0 Å². The lowest BCUT2D eigenvalue weighted by Gasteiger charge is -2.04. The van der Waals surface area contributed by atoms with Gasteiger partial charge in [0, 0.05) is 0 Å². The van der Waals surface area contributed by atoms with Crippen LogP contribution in [0.2, 0.25) is 0 Å². The van der Waals surface area contributed by atoms with E-state index in [1.54, 1.807) is 12.4 Å². The number of aromatic nitrogens is 4. The Morgan fingerprint density at radius 1 is 0.857 bits per heavy atom. The average Bonchev–Trinajstić information content (AvgIpc) is 2.27. The van der Waals surface area contributed by atoms with Gasteiger partial charge in [-0.25, -0.2) is 0 Å². The molecule has 14 heavy (non-hydrogen) atoms. The molecule has 2 rings (SSSR count). The van der Waals surface area contributed by atoms with Gasteiger partial charge in [0.25, 0.3) is 0 Å². The molecule has 0 saturated carbocycles. The number of hydrogen-bond donors (Lipinski definition) is 0. The van der Waals surface area contributed by atoms with Gasteiger partial charge < -0.3 is 9.47 Å². The Bertz CT molecular complexity index is 417. The third-order valence-electron chi connectivity index (χ3n) is 1.81. The highest BCUT2D eigenvalue weighted by atomic mass is 16.5. The Morgan fingerprint density at radius 3 is 1.64 bits per heavy atom. The van der Waals surface area contributed by atoms with Gasteiger partial charge in [-0.3, -0.25) is 0 Å². The van der Waals surface area contributed by atoms with Crippen LogP contribution < -0.4 is 9.47 Å². The first-order valence-corrected chi connectivity index (χ1v) is 3.92. The first kappa shape index (κ1) is 8.61. The molecule has 0 atom stereocenters. The Balaban J connectivity index is 2.77. The Hall–Kier alpha value is -1.98. The summed E-state index contributed by atoms with van der Waals surface area (Å²) in [5.41, 5.74) is 0. The predicted molar refractivity (Wildman–Crippen MR) is 48.2 cm³/mol. The largest absolute Gasteiger partial charge is 0.479 e. The second-order valence-electron chi connectivity index (χ2n) is 2.54. The molecule has 0 aliphatic carbocycles. The summed E-state index contributed by atoms with van der Waals surface area (Å²) in [5.74, 6) is 0.825. The maximum atomic E-state index is 5.03. The fraction of sp³-hybridized carbons (Fsp3) is 0.250. The van der Waals surface area contributed by atoms with Crippen molar-refractivity contribution in [1.82, 2.24) is 20.4 Å². The van der Waals surface area contributed by atoms with Gasteiger partial charge in [0.2, 0.25) is 11.8 Å². The smallest absolute Gasteiger partial charge is 0.242 e. The van der Waals surface area contributed by atoms with Crippen LogP contribution in [-0.4, -0.2) is 34.6 Å². The quantitative estimate of drug-likeness (QED) is 0.687. The fourth-order valence-electron chi connectivity index (χ4n) is 1.17. The molecule has 0 saturated heterocycles. The van der Waals surface area contributed by atoms with E-state index in [-0.39, 0.29) is 0 Å². The van der Waals surface area contributed by atoms with Crippen molar-refractivity contribution in [2.45, 2.75) is 0 Å². The van der Waals surface area contributed by atoms with Crippen LogP contribution in [0.1, 0.15) is 0 Å². The zero-order valence-electron chi connectivity index (χ0n) is 7.76. The van der Waals surface area contributed by atoms with E-state index in [0.717, 1.165) is 10.8 Å². The molecule has 0 aromatic carbocycles. The molecule has 2 aromatic heterocycles. The molecule has 2 heterocycles. The molecule has 72 valence electrons. The van der Waals surface area contributed by atoms with Crippen molar-refractivity contribution in [3.63, 3.8) is 0 Å². The first-order valence-electron chi connectivity index (χ1n) is 3.92. The van der Waals surface area contributed by atoms with E-state index in [1.165, 1.54) is 14.2 Å². The Morgan fingerprint density at radius 2 is 1.29 bits per heavy atom. The number of ether oxygens (including phenoxy) is 2. The molecular formula is C8H8N4O2. The average molecular weight is 192 g/mol. The molecular weight excluding hydrogens is 184 g/mol. The lowest BCUT2D eigenvalue weighted by atomic mass is 10.3. The van der Waals surface area contributed by atoms with Crippen LogP contribution in [0.25, 0.3) is 10.8 Å². The third kappa shape index (κ3) is 1.20. The van der Waals surface area contributed by atoms with Crippen LogP contribution in [-0.2, 0) is 0 Å². The van der Waals surface area contributed by atoms with Gasteiger partial charge >= 0.3 is 0 Å². The fourth-order valence-corrected chi connectivity index (χ4v) is 1.17. The van der Waals surface area contributed by atoms with Crippen molar-refractivity contribution in [3.05, 3.63) is 12.4 Å². The van der Waals surface area contributed by atoms with Gasteiger partial charge in [-0.15, -0.1) is 10.2 Å². The molecule has 6 nitrogen and oxygen atoms in total. The van der Waals surface area contributed by atoms with Crippen molar-refractivity contribution in [1.29, 1.82) is 0 Å². The van der Waals surface area contributed by atoms with Crippen LogP contribution >= 0.6 is 0 Å². The van der Waals surface area contributed by atoms with E-state index in [2.05, 4.69) is 20.4 Å². The topological polar surface area (TPSA) is 70.0 Å². The van der Waals surface area contributed by atoms with Gasteiger partial charge in [0.05, 0.1) is 37.4 Å². The van der Waals surface area contributed by atoms with Crippen molar-refractivity contribution in [3.8, 4) is 11.8 Å². The monoisotopic (exact) mass is 192 g/mol. The Kier molecular flexibility index (Phi) is 2.10. The first-order chi connectivity index (χ1) is 6.86. The highest BCUT2D eigenvalue weighted by molar-refractivity contribution is 5.88. The van der Waals surface area contributed by atoms with Crippen LogP contribution in [0, 0.1) is 0 Å². The summed E-state index contributed by atoms with van der Waals surface area (Å²) in [6.45, 7) is 0. The molecule has 0 bridgehead atoms. The van der Waals surface area contributed by atoms with Crippen molar-refractivity contribution in [2.75, 3.05) is 14.2 Å². The van der Waals surface area contributed by atoms with E-state index >= 15 is 0 Å². The molecule has 0 unspecified atom stereocenters. The molecule has 0 aliphatic heterocycles. The summed E-state index contributed by atoms with van der Waals surface area (Å²) in [4.78, 5) is 0. The second kappa shape index (κ2) is 3.41. The maximum Gasteiger partial charge on any atom is 0.242 e. The van der Waals surface area contributed by atoms with Crippen LogP contribution in [0.4, 0.5) is 0 Å². The third-order valence-corrected chi connectivity index (χ3v) is 1.81. The summed E-state index contributed by atoms with van der Waals surface area (Å²) in [6.07, 6.45) is 3.12. The zero-order valence-corrected chi connectivity index (χ0v) is 7.76. The van der Waals surface area contributed by atoms with E-state index in [0.29, 0.717) is 11.8 Å². The van der Waals surface area contributed by atoms with Gasteiger partial charge in [-0.1, -0.05) is 0 Å². The molecule has 2 aromatic rings. The summed E-state index contributed by atoms with van der Waals surface area (Å²) >= 11 is 0. The van der Waals surface area contributed by atoms with E-state index in [1.807, 2.05) is 0 Å². The minimum Gasteiger partial charge on any atom is -0.479 e. The molecule has 6 heteroatoms. The summed E-state index contributed by atoms with van der Waals surface area (Å²) in [5, 5.41) is 16.6. The van der Waals surface area contributed by atoms with E-state index in [4.69, 9.17) is 9.47 Å². The number of nitrogens with zero attached hydrogens (tertiary/aromatic N) is 4. The van der Waals surface area contributed by atoms with E-state index in [9.17, 15) is 0 Å². The number of fused-ring (bicyclic) bond motifs is 1. The normalized spacial score (nSPS) is 10.1. The highest BCUT2D eigenvalue weighted by Crippen LogP contribution is 2.25. The standard InChI is InChI=1S/C8H8N4O2/c1-13-7-5-3-10-12-8(14-2)6(5)4-9-11-7/h3-4H,1-2H3. The number of methoxy groups -OCH3 is 2. The van der Waals surface area contributed by atoms with Gasteiger partial charge in [0.1, 0.15) is 0 Å². The molecule has 0 N–H and O–H groups in total. The summed E-state index contributed by atoms with van der Waals surface area (Å²) < 4.78 is 10.1. The second-order valence-corrected chi connectivity index (χ2v) is 2.54. The molecule has 0 aliphatic rings. The van der Waals surface area contributed by atoms with Crippen molar-refractivity contribution in [2.24, 2.45) is 0 Å². The Labute approximate surface area is 79.9 Å². The van der Waals surface area contributed by atoms with Gasteiger partial charge in [-0.05, 0) is 0 Å². The van der Waals surface area contributed by atoms with Gasteiger partial charge in [-0.2, -0.15) is 10.2 Å². The predicted octanol–water partition coefficient (Wildman–Crippen LogP) is 0.437. The number of rotatable bonds is 2. The lowest BCUT2D eigenvalue weighted by Crippen LogP contribution is -1.96. The lowest BCUT2D eigenvalue weighted by molar-refractivity contribution is 0.390. The van der Waals surface area contributed by atoms with Crippen LogP contribution in [0.5, 0.6) is 11.8 Å². The summed E-state index contributed by atoms with van der Waals surface area (Å²) in [6, 6.07) is 0. The van der Waals surface area contributed by atoms with Crippen LogP contribution in [0.3, 0.4) is 0 Å². The minimum atomic E-state index is 0.413. The van der Waals surface area contributed by atoms with Crippen molar-refractivity contribution >= 4 is 10.8 Å². The highest BCUT2D eigenvalue weighted by Gasteiger charge is 2.08. The molecule has 0 radical (unpaired) electrons. The SMILES string of the molecule is COc1nncc2c(OC)nncc12. The maximum absolute atomic E-state index is 5.03. The summed E-state index contributed by atoms with van der Waals surface area (Å²) in [7, 11) is 3.05. The number of hydrogen-bond acceptors (Lipinski definition) is 6. The zero-order chi connectivity index (χ0) is 9.97. The van der Waals surface area contributed by atoms with Crippen molar-refractivity contribution < 1.29 is 9.47 Å². The molecule has 0 fully saturated rings. The minimum absolute atomic E-state index is 0.413.